The molecule has 0 unspecified atom stereocenters. The predicted molar refractivity (Wildman–Crippen MR) is 142 cm³/mol. The Morgan fingerprint density at radius 2 is 1.36 bits per heavy atom. The third-order valence-electron chi connectivity index (χ3n) is 7.16. The van der Waals surface area contributed by atoms with E-state index in [2.05, 4.69) is 123 Å². The monoisotopic (exact) mass is 584 g/mol. The third-order valence-corrected chi connectivity index (χ3v) is 15.2. The summed E-state index contributed by atoms with van der Waals surface area (Å²) in [5.41, 5.74) is 11.6. The number of aryl methyl sites for hydroxylation is 2. The van der Waals surface area contributed by atoms with Crippen molar-refractivity contribution >= 4 is 6.48 Å². The van der Waals surface area contributed by atoms with E-state index in [0.29, 0.717) is 0 Å². The molecule has 0 saturated heterocycles. The zero-order valence-corrected chi connectivity index (χ0v) is 24.5. The Labute approximate surface area is 234 Å². The van der Waals surface area contributed by atoms with Crippen LogP contribution in [-0.2, 0) is 27.7 Å². The van der Waals surface area contributed by atoms with Crippen LogP contribution in [0.15, 0.2) is 113 Å². The minimum atomic E-state index is -2.53. The van der Waals surface area contributed by atoms with E-state index >= 15 is 0 Å². The molecule has 0 atom stereocenters. The van der Waals surface area contributed by atoms with Crippen molar-refractivity contribution in [1.29, 1.82) is 0 Å². The van der Waals surface area contributed by atoms with Crippen molar-refractivity contribution in [3.05, 3.63) is 146 Å². The molecular formula is C33H28Cl2Zr. The van der Waals surface area contributed by atoms with Crippen molar-refractivity contribution in [1.82, 2.24) is 0 Å². The number of rotatable bonds is 4. The van der Waals surface area contributed by atoms with Crippen molar-refractivity contribution in [3.8, 4) is 11.1 Å². The minimum Gasteiger partial charge on any atom is -1.00 e. The Hall–Kier alpha value is -2.31. The van der Waals surface area contributed by atoms with Gasteiger partial charge in [0.05, 0.1) is 0 Å². The molecule has 0 amide bonds. The van der Waals surface area contributed by atoms with Crippen molar-refractivity contribution in [2.24, 2.45) is 0 Å². The van der Waals surface area contributed by atoms with E-state index in [4.69, 9.17) is 0 Å². The summed E-state index contributed by atoms with van der Waals surface area (Å²) in [6, 6.07) is 34.1. The summed E-state index contributed by atoms with van der Waals surface area (Å²) in [6.07, 6.45) is 9.21. The fraction of sp³-hybridized carbons (Fsp3) is 0.121. The molecule has 0 aliphatic heterocycles. The second-order valence-electron chi connectivity index (χ2n) is 9.43. The van der Waals surface area contributed by atoms with Crippen LogP contribution < -0.4 is 28.1 Å². The van der Waals surface area contributed by atoms with Gasteiger partial charge in [-0.05, 0) is 0 Å². The summed E-state index contributed by atoms with van der Waals surface area (Å²) < 4.78 is 4.96. The number of hydrogen-bond donors (Lipinski definition) is 0. The van der Waals surface area contributed by atoms with Crippen LogP contribution in [0.3, 0.4) is 0 Å². The molecule has 0 N–H and O–H groups in total. The van der Waals surface area contributed by atoms with Gasteiger partial charge >= 0.3 is 211 Å². The second kappa shape index (κ2) is 11.4. The molecule has 4 aromatic carbocycles. The molecule has 0 spiro atoms. The molecule has 0 bridgehead atoms. The molecule has 0 heterocycles. The quantitative estimate of drug-likeness (QED) is 0.298. The van der Waals surface area contributed by atoms with Crippen molar-refractivity contribution < 1.29 is 46.1 Å². The van der Waals surface area contributed by atoms with Gasteiger partial charge in [-0.2, -0.15) is 0 Å². The van der Waals surface area contributed by atoms with E-state index in [1.165, 1.54) is 38.9 Å². The minimum absolute atomic E-state index is 0. The first-order valence-corrected chi connectivity index (χ1v) is 15.8. The zero-order chi connectivity index (χ0) is 23.1. The maximum absolute atomic E-state index is 2.53. The summed E-state index contributed by atoms with van der Waals surface area (Å²) in [7, 11) is 0. The molecular weight excluding hydrogens is 558 g/mol. The van der Waals surface area contributed by atoms with Crippen molar-refractivity contribution in [2.75, 3.05) is 0 Å². The largest absolute Gasteiger partial charge is 1.00 e. The first kappa shape index (κ1) is 26.7. The van der Waals surface area contributed by atoms with Crippen molar-refractivity contribution in [2.45, 2.75) is 26.7 Å². The van der Waals surface area contributed by atoms with Gasteiger partial charge in [0.25, 0.3) is 0 Å². The smallest absolute Gasteiger partial charge is 1.00 e. The van der Waals surface area contributed by atoms with Crippen LogP contribution in [0.2, 0.25) is 0 Å². The van der Waals surface area contributed by atoms with Gasteiger partial charge < -0.3 is 24.8 Å². The molecule has 4 aromatic rings. The van der Waals surface area contributed by atoms with Crippen LogP contribution in [0.4, 0.5) is 0 Å². The zero-order valence-electron chi connectivity index (χ0n) is 20.6. The maximum Gasteiger partial charge on any atom is -1.00 e. The SMILES string of the molecule is Cc1ccc2c(c1)Cc1c-2ccc(C)[c]1[Zr+2]([C]1=CC=CC1)=[C](c1ccccc1)c1ccccc1.[Cl-].[Cl-]. The molecule has 0 nitrogen and oxygen atoms in total. The van der Waals surface area contributed by atoms with Gasteiger partial charge in [-0.15, -0.1) is 0 Å². The number of allylic oxidation sites excluding steroid dienone is 4. The van der Waals surface area contributed by atoms with Crippen LogP contribution in [0.25, 0.3) is 11.1 Å². The van der Waals surface area contributed by atoms with E-state index in [-0.39, 0.29) is 24.8 Å². The molecule has 0 aromatic heterocycles. The first-order valence-electron chi connectivity index (χ1n) is 12.1. The topological polar surface area (TPSA) is 0 Å². The van der Waals surface area contributed by atoms with E-state index < -0.39 is 21.3 Å². The molecule has 2 aliphatic rings. The predicted octanol–water partition coefficient (Wildman–Crippen LogP) is 1.24. The molecule has 0 radical (unpaired) electrons. The van der Waals surface area contributed by atoms with Gasteiger partial charge in [0.1, 0.15) is 0 Å². The molecule has 2 aliphatic carbocycles. The van der Waals surface area contributed by atoms with Crippen LogP contribution >= 0.6 is 0 Å². The Bertz CT molecular complexity index is 1450. The molecule has 0 fully saturated rings. The summed E-state index contributed by atoms with van der Waals surface area (Å²) in [5.74, 6) is 0. The second-order valence-corrected chi connectivity index (χ2v) is 15.3. The Balaban J connectivity index is 0.00000152. The summed E-state index contributed by atoms with van der Waals surface area (Å²) in [5, 5.41) is 0. The van der Waals surface area contributed by atoms with Crippen molar-refractivity contribution in [3.63, 3.8) is 0 Å². The number of fused-ring (bicyclic) bond motifs is 3. The summed E-state index contributed by atoms with van der Waals surface area (Å²) in [6.45, 7) is 4.56. The normalized spacial score (nSPS) is 12.4. The average Bonchev–Trinajstić information content (AvgIpc) is 3.52. The van der Waals surface area contributed by atoms with Gasteiger partial charge in [-0.25, -0.2) is 0 Å². The summed E-state index contributed by atoms with van der Waals surface area (Å²) in [4.78, 5) is 0. The van der Waals surface area contributed by atoms with Gasteiger partial charge in [-0.1, -0.05) is 0 Å². The fourth-order valence-corrected chi connectivity index (χ4v) is 13.9. The standard InChI is InChI=1S/C15H13.C13H10.C5H5.2ClH.Zr/c1-10-3-5-14-12(7-10)9-13-8-11(2)4-6-15(13)14;1-3-7-12(8-4-1)11-13-9-5-2-6-10-13;1-2-4-5-3-1;;;/h3-7H,9H2,1-2H3;1-10H;1-3H,4H2;2*1H;/q;;;;;+2/p-2. The average molecular weight is 587 g/mol. The Morgan fingerprint density at radius 1 is 0.722 bits per heavy atom. The molecule has 0 saturated carbocycles. The Kier molecular flexibility index (Phi) is 8.46. The van der Waals surface area contributed by atoms with Gasteiger partial charge in [0.2, 0.25) is 0 Å². The number of hydrogen-bond acceptors (Lipinski definition) is 0. The first-order chi connectivity index (χ1) is 16.7. The van der Waals surface area contributed by atoms with E-state index in [1.54, 1.807) is 15.3 Å². The summed E-state index contributed by atoms with van der Waals surface area (Å²) >= 11 is -2.53. The number of halogens is 2. The third kappa shape index (κ3) is 4.82. The van der Waals surface area contributed by atoms with Crippen LogP contribution in [0.5, 0.6) is 0 Å². The van der Waals surface area contributed by atoms with Gasteiger partial charge in [0.15, 0.2) is 0 Å². The van der Waals surface area contributed by atoms with Crippen LogP contribution in [0.1, 0.15) is 39.8 Å². The number of benzene rings is 4. The van der Waals surface area contributed by atoms with E-state index in [0.717, 1.165) is 12.8 Å². The van der Waals surface area contributed by atoms with E-state index in [1.807, 2.05) is 0 Å². The molecule has 6 rings (SSSR count). The molecule has 36 heavy (non-hydrogen) atoms. The van der Waals surface area contributed by atoms with Crippen LogP contribution in [-0.4, -0.2) is 3.21 Å². The van der Waals surface area contributed by atoms with Gasteiger partial charge in [0, 0.05) is 0 Å². The van der Waals surface area contributed by atoms with Gasteiger partial charge in [-0.3, -0.25) is 0 Å². The molecule has 178 valence electrons. The fourth-order valence-electron chi connectivity index (χ4n) is 5.61. The van der Waals surface area contributed by atoms with Crippen LogP contribution in [0, 0.1) is 13.8 Å². The van der Waals surface area contributed by atoms with E-state index in [9.17, 15) is 0 Å². The Morgan fingerprint density at radius 3 is 1.97 bits per heavy atom. The molecule has 3 heteroatoms. The maximum atomic E-state index is 2.44.